The molecule has 0 amide bonds. The van der Waals surface area contributed by atoms with Crippen molar-refractivity contribution in [2.45, 2.75) is 12.3 Å². The van der Waals surface area contributed by atoms with Crippen molar-refractivity contribution in [3.05, 3.63) is 30.1 Å². The zero-order valence-electron chi connectivity index (χ0n) is 11.2. The van der Waals surface area contributed by atoms with Crippen LogP contribution in [0.5, 0.6) is 0 Å². The summed E-state index contributed by atoms with van der Waals surface area (Å²) in [6, 6.07) is 8.02. The Balaban J connectivity index is 1.94. The molecule has 1 aliphatic heterocycles. The summed E-state index contributed by atoms with van der Waals surface area (Å²) in [5.74, 6) is 1.59. The maximum Gasteiger partial charge on any atom is 0.260 e. The van der Waals surface area contributed by atoms with Gasteiger partial charge >= 0.3 is 0 Å². The molecule has 0 N–H and O–H groups in total. The van der Waals surface area contributed by atoms with Crippen LogP contribution in [0.25, 0.3) is 11.5 Å². The third kappa shape index (κ3) is 2.33. The van der Waals surface area contributed by atoms with E-state index in [1.54, 1.807) is 0 Å². The normalized spacial score (nSPS) is 18.7. The van der Waals surface area contributed by atoms with Gasteiger partial charge in [-0.1, -0.05) is 17.3 Å². The summed E-state index contributed by atoms with van der Waals surface area (Å²) in [6.45, 7) is 1.47. The van der Waals surface area contributed by atoms with Crippen molar-refractivity contribution in [3.63, 3.8) is 0 Å². The molecule has 0 bridgehead atoms. The quantitative estimate of drug-likeness (QED) is 0.846. The first-order valence-electron chi connectivity index (χ1n) is 6.44. The van der Waals surface area contributed by atoms with E-state index in [-0.39, 0.29) is 5.92 Å². The number of anilines is 1. The number of para-hydroxylation sites is 1. The molecular weight excluding hydrogens is 242 g/mol. The standard InChI is InChI=1S/C14H17N3O2/c1-17(2)12-6-4-3-5-11(12)14-15-13(16-19-14)10-7-8-18-9-10/h3-6,10H,7-9H2,1-2H3. The van der Waals surface area contributed by atoms with Gasteiger partial charge in [-0.05, 0) is 18.6 Å². The predicted molar refractivity (Wildman–Crippen MR) is 72.2 cm³/mol. The van der Waals surface area contributed by atoms with Gasteiger partial charge < -0.3 is 14.2 Å². The lowest BCUT2D eigenvalue weighted by Crippen LogP contribution is -2.09. The van der Waals surface area contributed by atoms with E-state index in [0.717, 1.165) is 30.1 Å². The van der Waals surface area contributed by atoms with Gasteiger partial charge in [0.1, 0.15) is 0 Å². The summed E-state index contributed by atoms with van der Waals surface area (Å²) in [6.07, 6.45) is 0.967. The highest BCUT2D eigenvalue weighted by Gasteiger charge is 2.24. The van der Waals surface area contributed by atoms with Crippen LogP contribution < -0.4 is 4.90 Å². The van der Waals surface area contributed by atoms with Crippen LogP contribution in [0.15, 0.2) is 28.8 Å². The summed E-state index contributed by atoms with van der Waals surface area (Å²) in [4.78, 5) is 6.56. The topological polar surface area (TPSA) is 51.4 Å². The lowest BCUT2D eigenvalue weighted by Gasteiger charge is -2.14. The zero-order chi connectivity index (χ0) is 13.2. The first kappa shape index (κ1) is 12.2. The molecule has 1 saturated heterocycles. The Hall–Kier alpha value is -1.88. The molecule has 1 atom stereocenters. The van der Waals surface area contributed by atoms with E-state index in [1.807, 2.05) is 43.3 Å². The van der Waals surface area contributed by atoms with Gasteiger partial charge in [0.25, 0.3) is 5.89 Å². The smallest absolute Gasteiger partial charge is 0.260 e. The second-order valence-corrected chi connectivity index (χ2v) is 4.93. The third-order valence-electron chi connectivity index (χ3n) is 3.35. The summed E-state index contributed by atoms with van der Waals surface area (Å²) in [5, 5.41) is 4.09. The van der Waals surface area contributed by atoms with E-state index in [0.29, 0.717) is 12.5 Å². The zero-order valence-corrected chi connectivity index (χ0v) is 11.2. The molecular formula is C14H17N3O2. The Labute approximate surface area is 112 Å². The minimum Gasteiger partial charge on any atom is -0.381 e. The first-order chi connectivity index (χ1) is 9.25. The van der Waals surface area contributed by atoms with E-state index in [4.69, 9.17) is 9.26 Å². The molecule has 0 saturated carbocycles. The Morgan fingerprint density at radius 1 is 1.26 bits per heavy atom. The van der Waals surface area contributed by atoms with Gasteiger partial charge in [0.2, 0.25) is 0 Å². The number of nitrogens with zero attached hydrogens (tertiary/aromatic N) is 3. The number of ether oxygens (including phenoxy) is 1. The van der Waals surface area contributed by atoms with Crippen molar-refractivity contribution < 1.29 is 9.26 Å². The van der Waals surface area contributed by atoms with Crippen LogP contribution in [0.2, 0.25) is 0 Å². The highest BCUT2D eigenvalue weighted by molar-refractivity contribution is 5.72. The Morgan fingerprint density at radius 2 is 2.11 bits per heavy atom. The SMILES string of the molecule is CN(C)c1ccccc1-c1nc(C2CCOC2)no1. The average molecular weight is 259 g/mol. The fraction of sp³-hybridized carbons (Fsp3) is 0.429. The molecule has 5 heteroatoms. The molecule has 1 aromatic carbocycles. The number of hydrogen-bond donors (Lipinski definition) is 0. The van der Waals surface area contributed by atoms with Crippen molar-refractivity contribution in [2.75, 3.05) is 32.2 Å². The predicted octanol–water partition coefficient (Wildman–Crippen LogP) is 2.31. The Morgan fingerprint density at radius 3 is 2.84 bits per heavy atom. The van der Waals surface area contributed by atoms with E-state index in [2.05, 4.69) is 10.1 Å². The van der Waals surface area contributed by atoms with Crippen molar-refractivity contribution >= 4 is 5.69 Å². The highest BCUT2D eigenvalue weighted by atomic mass is 16.5. The fourth-order valence-electron chi connectivity index (χ4n) is 2.29. The van der Waals surface area contributed by atoms with Crippen LogP contribution in [0.3, 0.4) is 0 Å². The number of hydrogen-bond acceptors (Lipinski definition) is 5. The van der Waals surface area contributed by atoms with Gasteiger partial charge in [0, 0.05) is 32.3 Å². The Bertz CT molecular complexity index is 559. The minimum atomic E-state index is 0.268. The number of rotatable bonds is 3. The lowest BCUT2D eigenvalue weighted by atomic mass is 10.1. The van der Waals surface area contributed by atoms with E-state index >= 15 is 0 Å². The molecule has 0 spiro atoms. The first-order valence-corrected chi connectivity index (χ1v) is 6.44. The van der Waals surface area contributed by atoms with Gasteiger partial charge in [-0.2, -0.15) is 4.98 Å². The van der Waals surface area contributed by atoms with Crippen molar-refractivity contribution in [1.29, 1.82) is 0 Å². The lowest BCUT2D eigenvalue weighted by molar-refractivity contribution is 0.192. The van der Waals surface area contributed by atoms with Gasteiger partial charge in [-0.25, -0.2) is 0 Å². The largest absolute Gasteiger partial charge is 0.381 e. The highest BCUT2D eigenvalue weighted by Crippen LogP contribution is 2.30. The molecule has 1 fully saturated rings. The van der Waals surface area contributed by atoms with Crippen LogP contribution in [0.4, 0.5) is 5.69 Å². The fourth-order valence-corrected chi connectivity index (χ4v) is 2.29. The second-order valence-electron chi connectivity index (χ2n) is 4.93. The molecule has 19 heavy (non-hydrogen) atoms. The van der Waals surface area contributed by atoms with Gasteiger partial charge in [-0.3, -0.25) is 0 Å². The van der Waals surface area contributed by atoms with Crippen LogP contribution in [0.1, 0.15) is 18.2 Å². The summed E-state index contributed by atoms with van der Waals surface area (Å²) in [5.41, 5.74) is 2.03. The molecule has 0 aliphatic carbocycles. The minimum absolute atomic E-state index is 0.268. The van der Waals surface area contributed by atoms with E-state index < -0.39 is 0 Å². The molecule has 5 nitrogen and oxygen atoms in total. The summed E-state index contributed by atoms with van der Waals surface area (Å²) < 4.78 is 10.8. The van der Waals surface area contributed by atoms with Gasteiger partial charge in [-0.15, -0.1) is 0 Å². The van der Waals surface area contributed by atoms with Crippen LogP contribution >= 0.6 is 0 Å². The summed E-state index contributed by atoms with van der Waals surface area (Å²) >= 11 is 0. The molecule has 2 heterocycles. The average Bonchev–Trinajstić information content (AvgIpc) is 3.09. The van der Waals surface area contributed by atoms with E-state index in [9.17, 15) is 0 Å². The van der Waals surface area contributed by atoms with Crippen LogP contribution in [-0.2, 0) is 4.74 Å². The van der Waals surface area contributed by atoms with Crippen molar-refractivity contribution in [3.8, 4) is 11.5 Å². The van der Waals surface area contributed by atoms with Crippen LogP contribution in [0, 0.1) is 0 Å². The Kier molecular flexibility index (Phi) is 3.21. The number of aromatic nitrogens is 2. The molecule has 1 unspecified atom stereocenters. The van der Waals surface area contributed by atoms with Gasteiger partial charge in [0.05, 0.1) is 12.2 Å². The second kappa shape index (κ2) is 5.01. The maximum atomic E-state index is 5.41. The molecule has 2 aromatic rings. The molecule has 3 rings (SSSR count). The third-order valence-corrected chi connectivity index (χ3v) is 3.35. The monoisotopic (exact) mass is 259 g/mol. The molecule has 0 radical (unpaired) electrons. The van der Waals surface area contributed by atoms with Crippen LogP contribution in [-0.4, -0.2) is 37.4 Å². The molecule has 1 aromatic heterocycles. The van der Waals surface area contributed by atoms with Crippen molar-refractivity contribution in [2.24, 2.45) is 0 Å². The van der Waals surface area contributed by atoms with Gasteiger partial charge in [0.15, 0.2) is 5.82 Å². The van der Waals surface area contributed by atoms with E-state index in [1.165, 1.54) is 0 Å². The number of benzene rings is 1. The van der Waals surface area contributed by atoms with Crippen molar-refractivity contribution in [1.82, 2.24) is 10.1 Å². The maximum absolute atomic E-state index is 5.41. The molecule has 100 valence electrons. The molecule has 1 aliphatic rings. The summed E-state index contributed by atoms with van der Waals surface area (Å²) in [7, 11) is 4.00.